The Hall–Kier alpha value is -3.30. The fourth-order valence-corrected chi connectivity index (χ4v) is 3.26. The highest BCUT2D eigenvalue weighted by molar-refractivity contribution is 5.95. The van der Waals surface area contributed by atoms with Gasteiger partial charge in [-0.05, 0) is 38.0 Å². The normalized spacial score (nSPS) is 16.9. The molecule has 2 heterocycles. The smallest absolute Gasteiger partial charge is 0.435 e. The molecule has 10 heteroatoms. The number of amides is 2. The zero-order valence-electron chi connectivity index (χ0n) is 16.6. The minimum absolute atomic E-state index is 0.100. The van der Waals surface area contributed by atoms with E-state index in [4.69, 9.17) is 4.74 Å². The van der Waals surface area contributed by atoms with Crippen LogP contribution in [0.2, 0.25) is 0 Å². The van der Waals surface area contributed by atoms with Gasteiger partial charge in [-0.2, -0.15) is 18.3 Å². The molecule has 0 aliphatic carbocycles. The van der Waals surface area contributed by atoms with Gasteiger partial charge in [-0.3, -0.25) is 4.68 Å². The Kier molecular flexibility index (Phi) is 5.86. The molecule has 0 fully saturated rings. The zero-order valence-corrected chi connectivity index (χ0v) is 16.6. The van der Waals surface area contributed by atoms with Crippen molar-refractivity contribution in [2.24, 2.45) is 0 Å². The summed E-state index contributed by atoms with van der Waals surface area (Å²) in [5, 5.41) is 8.74. The van der Waals surface area contributed by atoms with Gasteiger partial charge in [0.05, 0.1) is 30.5 Å². The van der Waals surface area contributed by atoms with Crippen LogP contribution < -0.4 is 10.6 Å². The lowest BCUT2D eigenvalue weighted by Crippen LogP contribution is -2.47. The van der Waals surface area contributed by atoms with E-state index < -0.39 is 29.9 Å². The van der Waals surface area contributed by atoms with Crippen LogP contribution in [0.5, 0.6) is 0 Å². The lowest BCUT2D eigenvalue weighted by Gasteiger charge is -2.30. The average molecular weight is 422 g/mol. The van der Waals surface area contributed by atoms with E-state index in [1.807, 2.05) is 32.0 Å². The number of carbonyl (C=O) groups excluding carboxylic acids is 2. The van der Waals surface area contributed by atoms with Crippen LogP contribution in [0.25, 0.3) is 0 Å². The number of hydrogen-bond donors (Lipinski definition) is 2. The Morgan fingerprint density at radius 1 is 1.27 bits per heavy atom. The standard InChI is InChI=1S/C20H21F3N4O3/c1-4-30-18(28)16-14(10-27-8-7-15(26-27)20(21,22)23)24-19(29)25-17(16)13-9-11(2)5-6-12(13)3/h5-9,17H,4,10H2,1-3H3,(H2,24,25,29). The summed E-state index contributed by atoms with van der Waals surface area (Å²) in [5.41, 5.74) is 1.64. The molecular formula is C20H21F3N4O3. The van der Waals surface area contributed by atoms with Crippen molar-refractivity contribution >= 4 is 12.0 Å². The molecule has 2 N–H and O–H groups in total. The van der Waals surface area contributed by atoms with Crippen LogP contribution in [0.4, 0.5) is 18.0 Å². The number of halogens is 3. The lowest BCUT2D eigenvalue weighted by atomic mass is 9.91. The molecule has 0 saturated heterocycles. The first-order valence-electron chi connectivity index (χ1n) is 9.25. The van der Waals surface area contributed by atoms with Crippen LogP contribution in [-0.4, -0.2) is 28.4 Å². The molecule has 1 aromatic carbocycles. The molecule has 30 heavy (non-hydrogen) atoms. The molecule has 2 aromatic rings. The van der Waals surface area contributed by atoms with Gasteiger partial charge in [-0.25, -0.2) is 9.59 Å². The molecule has 1 aliphatic heterocycles. The Morgan fingerprint density at radius 3 is 2.63 bits per heavy atom. The van der Waals surface area contributed by atoms with E-state index in [0.29, 0.717) is 5.56 Å². The topological polar surface area (TPSA) is 85.2 Å². The summed E-state index contributed by atoms with van der Waals surface area (Å²) in [6, 6.07) is 5.05. The molecule has 0 bridgehead atoms. The third kappa shape index (κ3) is 4.47. The third-order valence-corrected chi connectivity index (χ3v) is 4.65. The fourth-order valence-electron chi connectivity index (χ4n) is 3.26. The number of aryl methyl sites for hydroxylation is 2. The molecule has 0 spiro atoms. The first-order valence-corrected chi connectivity index (χ1v) is 9.25. The number of aromatic nitrogens is 2. The molecule has 1 atom stereocenters. The summed E-state index contributed by atoms with van der Waals surface area (Å²) < 4.78 is 44.8. The second kappa shape index (κ2) is 8.21. The SMILES string of the molecule is CCOC(=O)C1=C(Cn2ccc(C(F)(F)F)n2)NC(=O)NC1c1cc(C)ccc1C. The van der Waals surface area contributed by atoms with Gasteiger partial charge in [0, 0.05) is 6.20 Å². The maximum Gasteiger partial charge on any atom is 0.435 e. The van der Waals surface area contributed by atoms with Crippen LogP contribution in [0.15, 0.2) is 41.7 Å². The van der Waals surface area contributed by atoms with Crippen molar-refractivity contribution < 1.29 is 27.5 Å². The molecule has 1 aromatic heterocycles. The molecule has 7 nitrogen and oxygen atoms in total. The molecule has 1 unspecified atom stereocenters. The summed E-state index contributed by atoms with van der Waals surface area (Å²) in [7, 11) is 0. The number of nitrogens with zero attached hydrogens (tertiary/aromatic N) is 2. The van der Waals surface area contributed by atoms with Crippen molar-refractivity contribution in [2.75, 3.05) is 6.61 Å². The third-order valence-electron chi connectivity index (χ3n) is 4.65. The van der Waals surface area contributed by atoms with E-state index >= 15 is 0 Å². The second-order valence-corrected chi connectivity index (χ2v) is 6.90. The van der Waals surface area contributed by atoms with E-state index in [1.165, 1.54) is 0 Å². The highest BCUT2D eigenvalue weighted by atomic mass is 19.4. The zero-order chi connectivity index (χ0) is 22.1. The lowest BCUT2D eigenvalue weighted by molar-refractivity contribution is -0.141. The Labute approximate surface area is 170 Å². The summed E-state index contributed by atoms with van der Waals surface area (Å²) in [4.78, 5) is 25.1. The highest BCUT2D eigenvalue weighted by Crippen LogP contribution is 2.31. The number of ether oxygens (including phenoxy) is 1. The van der Waals surface area contributed by atoms with Gasteiger partial charge in [0.25, 0.3) is 0 Å². The number of alkyl halides is 3. The van der Waals surface area contributed by atoms with Gasteiger partial charge in [0.1, 0.15) is 0 Å². The first kappa shape index (κ1) is 21.4. The number of carbonyl (C=O) groups is 2. The Balaban J connectivity index is 2.08. The van der Waals surface area contributed by atoms with Crippen molar-refractivity contribution in [2.45, 2.75) is 39.5 Å². The van der Waals surface area contributed by atoms with Crippen LogP contribution in [-0.2, 0) is 22.3 Å². The predicted octanol–water partition coefficient (Wildman–Crippen LogP) is 3.39. The van der Waals surface area contributed by atoms with Crippen molar-refractivity contribution in [3.05, 3.63) is 64.1 Å². The minimum atomic E-state index is -4.60. The van der Waals surface area contributed by atoms with Crippen LogP contribution >= 0.6 is 0 Å². The summed E-state index contributed by atoms with van der Waals surface area (Å²) >= 11 is 0. The molecule has 3 rings (SSSR count). The number of allylic oxidation sites excluding steroid dienone is 1. The minimum Gasteiger partial charge on any atom is -0.463 e. The van der Waals surface area contributed by atoms with E-state index in [-0.39, 0.29) is 24.4 Å². The first-order chi connectivity index (χ1) is 14.1. The van der Waals surface area contributed by atoms with Gasteiger partial charge >= 0.3 is 18.2 Å². The molecule has 0 radical (unpaired) electrons. The number of esters is 1. The molecule has 2 amide bonds. The van der Waals surface area contributed by atoms with Gasteiger partial charge in [-0.1, -0.05) is 23.8 Å². The van der Waals surface area contributed by atoms with E-state index in [0.717, 1.165) is 28.1 Å². The van der Waals surface area contributed by atoms with E-state index in [2.05, 4.69) is 15.7 Å². The number of rotatable bonds is 5. The summed E-state index contributed by atoms with van der Waals surface area (Å²) in [5.74, 6) is -0.672. The summed E-state index contributed by atoms with van der Waals surface area (Å²) in [6.45, 7) is 5.22. The quantitative estimate of drug-likeness (QED) is 0.724. The maximum absolute atomic E-state index is 12.9. The van der Waals surface area contributed by atoms with E-state index in [9.17, 15) is 22.8 Å². The second-order valence-electron chi connectivity index (χ2n) is 6.90. The fraction of sp³-hybridized carbons (Fsp3) is 0.350. The average Bonchev–Trinajstić information content (AvgIpc) is 3.12. The Morgan fingerprint density at radius 2 is 2.00 bits per heavy atom. The molecule has 160 valence electrons. The number of nitrogens with one attached hydrogen (secondary N) is 2. The molecule has 0 saturated carbocycles. The Bertz CT molecular complexity index is 1010. The van der Waals surface area contributed by atoms with Gasteiger partial charge in [0.2, 0.25) is 0 Å². The maximum atomic E-state index is 12.9. The van der Waals surface area contributed by atoms with Crippen molar-refractivity contribution in [3.63, 3.8) is 0 Å². The van der Waals surface area contributed by atoms with Crippen molar-refractivity contribution in [1.82, 2.24) is 20.4 Å². The van der Waals surface area contributed by atoms with E-state index in [1.54, 1.807) is 6.92 Å². The van der Waals surface area contributed by atoms with Crippen molar-refractivity contribution in [1.29, 1.82) is 0 Å². The number of urea groups is 1. The summed E-state index contributed by atoms with van der Waals surface area (Å²) in [6.07, 6.45) is -3.46. The van der Waals surface area contributed by atoms with Gasteiger partial charge < -0.3 is 15.4 Å². The molecular weight excluding hydrogens is 401 g/mol. The van der Waals surface area contributed by atoms with Crippen LogP contribution in [0.3, 0.4) is 0 Å². The monoisotopic (exact) mass is 422 g/mol. The van der Waals surface area contributed by atoms with Crippen molar-refractivity contribution in [3.8, 4) is 0 Å². The number of hydrogen-bond acceptors (Lipinski definition) is 4. The van der Waals surface area contributed by atoms with Gasteiger partial charge in [-0.15, -0.1) is 0 Å². The van der Waals surface area contributed by atoms with Gasteiger partial charge in [0.15, 0.2) is 5.69 Å². The predicted molar refractivity (Wildman–Crippen MR) is 101 cm³/mol. The van der Waals surface area contributed by atoms with Crippen LogP contribution in [0.1, 0.15) is 35.3 Å². The molecule has 1 aliphatic rings. The highest BCUT2D eigenvalue weighted by Gasteiger charge is 2.36. The largest absolute Gasteiger partial charge is 0.463 e. The van der Waals surface area contributed by atoms with Crippen LogP contribution in [0, 0.1) is 13.8 Å². The number of benzene rings is 1.